The summed E-state index contributed by atoms with van der Waals surface area (Å²) in [5, 5.41) is 1.27. The highest BCUT2D eigenvalue weighted by atomic mass is 32.2. The number of aryl methyl sites for hydroxylation is 1. The molecule has 0 saturated carbocycles. The molecule has 0 saturated heterocycles. The van der Waals surface area contributed by atoms with E-state index in [0.717, 1.165) is 39.4 Å². The van der Waals surface area contributed by atoms with Gasteiger partial charge in [-0.15, -0.1) is 11.3 Å². The van der Waals surface area contributed by atoms with E-state index in [0.29, 0.717) is 10.5 Å². The molecule has 0 bridgehead atoms. The first-order valence-electron chi connectivity index (χ1n) is 7.52. The third-order valence-electron chi connectivity index (χ3n) is 3.59. The molecule has 3 aromatic rings. The van der Waals surface area contributed by atoms with Gasteiger partial charge in [-0.2, -0.15) is 0 Å². The summed E-state index contributed by atoms with van der Waals surface area (Å²) in [5.41, 5.74) is 1.57. The molecule has 0 aliphatic carbocycles. The van der Waals surface area contributed by atoms with Gasteiger partial charge in [-0.1, -0.05) is 37.2 Å². The Morgan fingerprint density at radius 2 is 2.04 bits per heavy atom. The van der Waals surface area contributed by atoms with Crippen molar-refractivity contribution in [3.05, 3.63) is 45.3 Å². The molecule has 23 heavy (non-hydrogen) atoms. The summed E-state index contributed by atoms with van der Waals surface area (Å²) >= 11 is 3.08. The Bertz CT molecular complexity index is 884. The van der Waals surface area contributed by atoms with E-state index < -0.39 is 0 Å². The molecule has 2 aromatic heterocycles. The predicted molar refractivity (Wildman–Crippen MR) is 96.0 cm³/mol. The molecule has 1 aromatic carbocycles. The van der Waals surface area contributed by atoms with E-state index >= 15 is 0 Å². The van der Waals surface area contributed by atoms with Crippen molar-refractivity contribution in [2.75, 3.05) is 5.75 Å². The van der Waals surface area contributed by atoms with Crippen molar-refractivity contribution in [3.8, 4) is 11.1 Å². The number of nitrogens with one attached hydrogen (secondary N) is 1. The average Bonchev–Trinajstić information content (AvgIpc) is 2.85. The number of unbranched alkanes of at least 4 members (excludes halogenated alkanes) is 1. The van der Waals surface area contributed by atoms with Gasteiger partial charge in [0.05, 0.1) is 5.39 Å². The average molecular weight is 348 g/mol. The Kier molecular flexibility index (Phi) is 4.82. The lowest BCUT2D eigenvalue weighted by Gasteiger charge is -2.03. The highest BCUT2D eigenvalue weighted by Gasteiger charge is 2.16. The second-order valence-electron chi connectivity index (χ2n) is 5.29. The molecule has 3 rings (SSSR count). The van der Waals surface area contributed by atoms with Gasteiger partial charge in [-0.05, 0) is 31.0 Å². The highest BCUT2D eigenvalue weighted by Crippen LogP contribution is 2.36. The van der Waals surface area contributed by atoms with E-state index in [1.54, 1.807) is 23.9 Å². The minimum atomic E-state index is -0.285. The number of nitrogens with zero attached hydrogens (tertiary/aromatic N) is 1. The van der Waals surface area contributed by atoms with E-state index in [4.69, 9.17) is 0 Å². The second kappa shape index (κ2) is 6.84. The van der Waals surface area contributed by atoms with Crippen LogP contribution in [0.1, 0.15) is 24.6 Å². The number of thioether (sulfide) groups is 1. The zero-order valence-corrected chi connectivity index (χ0v) is 14.6. The fourth-order valence-corrected chi connectivity index (χ4v) is 4.50. The van der Waals surface area contributed by atoms with Crippen LogP contribution < -0.4 is 5.56 Å². The Morgan fingerprint density at radius 3 is 2.74 bits per heavy atom. The minimum Gasteiger partial charge on any atom is -0.301 e. The Hall–Kier alpha value is -1.66. The van der Waals surface area contributed by atoms with Gasteiger partial charge >= 0.3 is 0 Å². The fourth-order valence-electron chi connectivity index (χ4n) is 2.44. The molecular weight excluding hydrogens is 331 g/mol. The first kappa shape index (κ1) is 16.2. The van der Waals surface area contributed by atoms with Gasteiger partial charge in [0.1, 0.15) is 10.6 Å². The molecular formula is C17H17FN2OS2. The number of hydrogen-bond acceptors (Lipinski definition) is 4. The van der Waals surface area contributed by atoms with Gasteiger partial charge in [-0.3, -0.25) is 4.79 Å². The van der Waals surface area contributed by atoms with Crippen molar-refractivity contribution >= 4 is 33.3 Å². The normalized spacial score (nSPS) is 11.3. The zero-order chi connectivity index (χ0) is 16.4. The molecule has 0 amide bonds. The van der Waals surface area contributed by atoms with Crippen molar-refractivity contribution in [1.82, 2.24) is 9.97 Å². The van der Waals surface area contributed by atoms with Gasteiger partial charge in [0.25, 0.3) is 5.56 Å². The third-order valence-corrected chi connectivity index (χ3v) is 5.54. The molecule has 0 aliphatic heterocycles. The number of fused-ring (bicyclic) bond motifs is 1. The SMILES string of the molecule is CCCCSc1nc2sc(C)c(-c3ccc(F)cc3)c2c(=O)[nH]1. The van der Waals surface area contributed by atoms with E-state index in [1.165, 1.54) is 23.5 Å². The summed E-state index contributed by atoms with van der Waals surface area (Å²) in [5.74, 6) is 0.660. The van der Waals surface area contributed by atoms with Crippen LogP contribution >= 0.6 is 23.1 Å². The van der Waals surface area contributed by atoms with Gasteiger partial charge in [0.15, 0.2) is 5.16 Å². The highest BCUT2D eigenvalue weighted by molar-refractivity contribution is 7.99. The maximum absolute atomic E-state index is 13.1. The maximum atomic E-state index is 13.1. The van der Waals surface area contributed by atoms with Crippen molar-refractivity contribution in [3.63, 3.8) is 0 Å². The molecule has 1 N–H and O–H groups in total. The molecule has 0 atom stereocenters. The number of aromatic amines is 1. The molecule has 0 aliphatic rings. The number of hydrogen-bond donors (Lipinski definition) is 1. The summed E-state index contributed by atoms with van der Waals surface area (Å²) in [7, 11) is 0. The lowest BCUT2D eigenvalue weighted by Crippen LogP contribution is -2.08. The van der Waals surface area contributed by atoms with Crippen LogP contribution in [0.5, 0.6) is 0 Å². The van der Waals surface area contributed by atoms with E-state index in [1.807, 2.05) is 6.92 Å². The van der Waals surface area contributed by atoms with Crippen LogP contribution in [-0.2, 0) is 0 Å². The van der Waals surface area contributed by atoms with Crippen LogP contribution in [0.2, 0.25) is 0 Å². The first-order valence-corrected chi connectivity index (χ1v) is 9.32. The molecule has 0 spiro atoms. The summed E-state index contributed by atoms with van der Waals surface area (Å²) < 4.78 is 13.1. The lowest BCUT2D eigenvalue weighted by molar-refractivity contribution is 0.628. The summed E-state index contributed by atoms with van der Waals surface area (Å²) in [6, 6.07) is 6.23. The van der Waals surface area contributed by atoms with Gasteiger partial charge in [0.2, 0.25) is 0 Å². The van der Waals surface area contributed by atoms with Crippen LogP contribution in [0.3, 0.4) is 0 Å². The van der Waals surface area contributed by atoms with Crippen LogP contribution in [-0.4, -0.2) is 15.7 Å². The number of halogens is 1. The molecule has 6 heteroatoms. The van der Waals surface area contributed by atoms with Crippen molar-refractivity contribution < 1.29 is 4.39 Å². The van der Waals surface area contributed by atoms with Crippen LogP contribution in [0.4, 0.5) is 4.39 Å². The molecule has 3 nitrogen and oxygen atoms in total. The van der Waals surface area contributed by atoms with Gasteiger partial charge in [-0.25, -0.2) is 9.37 Å². The molecule has 0 unspecified atom stereocenters. The van der Waals surface area contributed by atoms with Crippen LogP contribution in [0.15, 0.2) is 34.2 Å². The Morgan fingerprint density at radius 1 is 1.30 bits per heavy atom. The molecule has 120 valence electrons. The molecule has 2 heterocycles. The zero-order valence-electron chi connectivity index (χ0n) is 13.0. The quantitative estimate of drug-likeness (QED) is 0.401. The number of H-pyrrole nitrogens is 1. The Balaban J connectivity index is 2.08. The summed E-state index contributed by atoms with van der Waals surface area (Å²) in [6.45, 7) is 4.10. The van der Waals surface area contributed by atoms with Gasteiger partial charge < -0.3 is 4.98 Å². The standard InChI is InChI=1S/C17H17FN2OS2/c1-3-4-9-22-17-19-15(21)14-13(10(2)23-16(14)20-17)11-5-7-12(18)8-6-11/h5-8H,3-4,9H2,1-2H3,(H,19,20,21). The topological polar surface area (TPSA) is 45.8 Å². The van der Waals surface area contributed by atoms with Crippen LogP contribution in [0.25, 0.3) is 21.3 Å². The van der Waals surface area contributed by atoms with Crippen molar-refractivity contribution in [2.24, 2.45) is 0 Å². The molecule has 0 radical (unpaired) electrons. The lowest BCUT2D eigenvalue weighted by atomic mass is 10.0. The number of aromatic nitrogens is 2. The number of rotatable bonds is 5. The fraction of sp³-hybridized carbons (Fsp3) is 0.294. The Labute approximate surface area is 142 Å². The maximum Gasteiger partial charge on any atom is 0.260 e. The first-order chi connectivity index (χ1) is 11.1. The van der Waals surface area contributed by atoms with Gasteiger partial charge in [0, 0.05) is 16.2 Å². The van der Waals surface area contributed by atoms with Crippen LogP contribution in [0, 0.1) is 12.7 Å². The monoisotopic (exact) mass is 348 g/mol. The number of benzene rings is 1. The minimum absolute atomic E-state index is 0.127. The van der Waals surface area contributed by atoms with E-state index in [2.05, 4.69) is 16.9 Å². The smallest absolute Gasteiger partial charge is 0.260 e. The summed E-state index contributed by atoms with van der Waals surface area (Å²) in [4.78, 5) is 21.7. The van der Waals surface area contributed by atoms with E-state index in [-0.39, 0.29) is 11.4 Å². The van der Waals surface area contributed by atoms with E-state index in [9.17, 15) is 9.18 Å². The number of thiophene rings is 1. The largest absolute Gasteiger partial charge is 0.301 e. The predicted octanol–water partition coefficient (Wildman–Crippen LogP) is 4.99. The summed E-state index contributed by atoms with van der Waals surface area (Å²) in [6.07, 6.45) is 2.21. The third kappa shape index (κ3) is 3.33. The van der Waals surface area contributed by atoms with Crippen molar-refractivity contribution in [1.29, 1.82) is 0 Å². The van der Waals surface area contributed by atoms with Crippen molar-refractivity contribution in [2.45, 2.75) is 31.8 Å². The second-order valence-corrected chi connectivity index (χ2v) is 7.58. The molecule has 0 fully saturated rings.